The van der Waals surface area contributed by atoms with E-state index in [4.69, 9.17) is 11.6 Å². The lowest BCUT2D eigenvalue weighted by Gasteiger charge is -2.27. The van der Waals surface area contributed by atoms with Gasteiger partial charge >= 0.3 is 0 Å². The molecule has 1 aliphatic heterocycles. The minimum atomic E-state index is -0.395. The van der Waals surface area contributed by atoms with E-state index in [1.807, 2.05) is 6.07 Å². The molecule has 0 aliphatic carbocycles. The Morgan fingerprint density at radius 1 is 1.10 bits per heavy atom. The summed E-state index contributed by atoms with van der Waals surface area (Å²) >= 11 is 7.52. The summed E-state index contributed by atoms with van der Waals surface area (Å²) in [5.41, 5.74) is 1.14. The number of rotatable bonds is 2. The molecule has 0 saturated heterocycles. The van der Waals surface area contributed by atoms with Crippen LogP contribution in [0.4, 0.5) is 14.5 Å². The van der Waals surface area contributed by atoms with Crippen LogP contribution in [0.5, 0.6) is 0 Å². The van der Waals surface area contributed by atoms with Crippen molar-refractivity contribution in [2.75, 3.05) is 11.1 Å². The fourth-order valence-corrected chi connectivity index (χ4v) is 3.70. The monoisotopic (exact) mass is 311 g/mol. The zero-order valence-electron chi connectivity index (χ0n) is 10.5. The van der Waals surface area contributed by atoms with Gasteiger partial charge in [-0.3, -0.25) is 0 Å². The van der Waals surface area contributed by atoms with Gasteiger partial charge in [-0.2, -0.15) is 0 Å². The lowest BCUT2D eigenvalue weighted by Crippen LogP contribution is -2.17. The van der Waals surface area contributed by atoms with Crippen LogP contribution in [0.3, 0.4) is 0 Å². The van der Waals surface area contributed by atoms with Gasteiger partial charge in [0.05, 0.1) is 16.8 Å². The summed E-state index contributed by atoms with van der Waals surface area (Å²) in [6, 6.07) is 9.43. The van der Waals surface area contributed by atoms with E-state index in [1.54, 1.807) is 18.2 Å². The van der Waals surface area contributed by atoms with Crippen LogP contribution in [0.25, 0.3) is 0 Å². The highest BCUT2D eigenvalue weighted by Crippen LogP contribution is 2.40. The molecule has 5 heteroatoms. The zero-order chi connectivity index (χ0) is 14.1. The van der Waals surface area contributed by atoms with E-state index < -0.39 is 5.82 Å². The minimum absolute atomic E-state index is 0.128. The molecule has 1 atom stereocenters. The lowest BCUT2D eigenvalue weighted by atomic mass is 10.0. The van der Waals surface area contributed by atoms with Gasteiger partial charge in [0.1, 0.15) is 11.6 Å². The van der Waals surface area contributed by atoms with Gasteiger partial charge in [-0.1, -0.05) is 29.8 Å². The van der Waals surface area contributed by atoms with E-state index in [0.717, 1.165) is 17.7 Å². The van der Waals surface area contributed by atoms with Gasteiger partial charge in [0.2, 0.25) is 0 Å². The van der Waals surface area contributed by atoms with Crippen LogP contribution in [0, 0.1) is 11.6 Å². The molecule has 0 bridgehead atoms. The van der Waals surface area contributed by atoms with Crippen molar-refractivity contribution >= 4 is 29.1 Å². The molecule has 0 spiro atoms. The number of hydrogen-bond acceptors (Lipinski definition) is 2. The van der Waals surface area contributed by atoms with Crippen molar-refractivity contribution in [1.82, 2.24) is 0 Å². The molecule has 2 aromatic rings. The molecule has 1 nitrogen and oxygen atoms in total. The molecule has 1 heterocycles. The normalized spacial score (nSPS) is 17.6. The van der Waals surface area contributed by atoms with Crippen LogP contribution in [0.15, 0.2) is 41.3 Å². The Kier molecular flexibility index (Phi) is 3.85. The molecular weight excluding hydrogens is 300 g/mol. The highest BCUT2D eigenvalue weighted by Gasteiger charge is 2.24. The van der Waals surface area contributed by atoms with Crippen LogP contribution in [0.1, 0.15) is 18.0 Å². The summed E-state index contributed by atoms with van der Waals surface area (Å²) in [7, 11) is 0. The van der Waals surface area contributed by atoms with E-state index in [2.05, 4.69) is 5.32 Å². The highest BCUT2D eigenvalue weighted by molar-refractivity contribution is 7.99. The second-order valence-electron chi connectivity index (χ2n) is 4.59. The van der Waals surface area contributed by atoms with Crippen LogP contribution in [0.2, 0.25) is 5.02 Å². The molecule has 1 aliphatic rings. The quantitative estimate of drug-likeness (QED) is 0.811. The highest BCUT2D eigenvalue weighted by atomic mass is 35.5. The number of fused-ring (bicyclic) bond motifs is 1. The molecule has 2 aromatic carbocycles. The van der Waals surface area contributed by atoms with Crippen molar-refractivity contribution in [3.8, 4) is 0 Å². The number of nitrogens with one attached hydrogen (secondary N) is 1. The molecular formula is C15H12ClF2NS. The van der Waals surface area contributed by atoms with E-state index in [9.17, 15) is 8.78 Å². The van der Waals surface area contributed by atoms with Crippen LogP contribution < -0.4 is 5.32 Å². The maximum atomic E-state index is 13.8. The molecule has 3 rings (SSSR count). The summed E-state index contributed by atoms with van der Waals surface area (Å²) in [5.74, 6) is 0.171. The fourth-order valence-electron chi connectivity index (χ4n) is 2.35. The van der Waals surface area contributed by atoms with Gasteiger partial charge in [0, 0.05) is 10.6 Å². The number of thioether (sulfide) groups is 1. The number of anilines is 1. The number of para-hydroxylation sites is 1. The Bertz CT molecular complexity index is 628. The number of halogens is 3. The van der Waals surface area contributed by atoms with E-state index in [-0.39, 0.29) is 17.5 Å². The predicted molar refractivity (Wildman–Crippen MR) is 79.5 cm³/mol. The predicted octanol–water partition coefficient (Wildman–Crippen LogP) is 5.27. The summed E-state index contributed by atoms with van der Waals surface area (Å²) in [4.78, 5) is 0.642. The van der Waals surface area contributed by atoms with Gasteiger partial charge in [-0.25, -0.2) is 8.78 Å². The smallest absolute Gasteiger partial charge is 0.147 e. The number of benzene rings is 2. The van der Waals surface area contributed by atoms with E-state index in [1.165, 1.54) is 23.9 Å². The molecule has 104 valence electrons. The van der Waals surface area contributed by atoms with Gasteiger partial charge in [-0.05, 0) is 30.2 Å². The van der Waals surface area contributed by atoms with Crippen molar-refractivity contribution in [2.45, 2.75) is 17.4 Å². The Morgan fingerprint density at radius 2 is 1.85 bits per heavy atom. The Hall–Kier alpha value is -1.26. The Balaban J connectivity index is 1.96. The zero-order valence-corrected chi connectivity index (χ0v) is 12.1. The van der Waals surface area contributed by atoms with Crippen molar-refractivity contribution in [3.05, 3.63) is 58.6 Å². The first-order valence-corrected chi connectivity index (χ1v) is 7.65. The second kappa shape index (κ2) is 5.62. The molecule has 0 aromatic heterocycles. The Labute approximate surface area is 125 Å². The van der Waals surface area contributed by atoms with Crippen molar-refractivity contribution in [3.63, 3.8) is 0 Å². The van der Waals surface area contributed by atoms with Crippen LogP contribution in [-0.4, -0.2) is 5.75 Å². The third-order valence-electron chi connectivity index (χ3n) is 3.31. The summed E-state index contributed by atoms with van der Waals surface area (Å²) in [5, 5.41) is 3.45. The average molecular weight is 312 g/mol. The van der Waals surface area contributed by atoms with Crippen LogP contribution >= 0.6 is 23.4 Å². The van der Waals surface area contributed by atoms with Crippen LogP contribution in [-0.2, 0) is 0 Å². The molecule has 1 N–H and O–H groups in total. The van der Waals surface area contributed by atoms with E-state index >= 15 is 0 Å². The summed E-state index contributed by atoms with van der Waals surface area (Å²) in [6.07, 6.45) is 0.797. The standard InChI is InChI=1S/C15H12ClF2NS/c16-10-4-2-5-11(17)14(10)19-13-7-8-20-15-9(13)3-1-6-12(15)18/h1-6,13,19H,7-8H2. The molecule has 20 heavy (non-hydrogen) atoms. The van der Waals surface area contributed by atoms with Crippen molar-refractivity contribution in [2.24, 2.45) is 0 Å². The fraction of sp³-hybridized carbons (Fsp3) is 0.200. The summed E-state index contributed by atoms with van der Waals surface area (Å²) in [6.45, 7) is 0. The third kappa shape index (κ3) is 2.50. The molecule has 0 saturated carbocycles. The number of hydrogen-bond donors (Lipinski definition) is 1. The van der Waals surface area contributed by atoms with E-state index in [0.29, 0.717) is 9.92 Å². The van der Waals surface area contributed by atoms with Gasteiger partial charge in [0.15, 0.2) is 0 Å². The summed E-state index contributed by atoms with van der Waals surface area (Å²) < 4.78 is 27.6. The molecule has 0 radical (unpaired) electrons. The topological polar surface area (TPSA) is 12.0 Å². The second-order valence-corrected chi connectivity index (χ2v) is 6.10. The first-order chi connectivity index (χ1) is 9.66. The van der Waals surface area contributed by atoms with Gasteiger partial charge < -0.3 is 5.32 Å². The van der Waals surface area contributed by atoms with Gasteiger partial charge in [0.25, 0.3) is 0 Å². The SMILES string of the molecule is Fc1cccc(Cl)c1NC1CCSc2c(F)cccc21. The molecule has 0 amide bonds. The maximum Gasteiger partial charge on any atom is 0.147 e. The van der Waals surface area contributed by atoms with Gasteiger partial charge in [-0.15, -0.1) is 11.8 Å². The largest absolute Gasteiger partial charge is 0.375 e. The molecule has 1 unspecified atom stereocenters. The first kappa shape index (κ1) is 13.7. The maximum absolute atomic E-state index is 13.8. The van der Waals surface area contributed by atoms with Crippen molar-refractivity contribution in [1.29, 1.82) is 0 Å². The Morgan fingerprint density at radius 3 is 2.65 bits per heavy atom. The third-order valence-corrected chi connectivity index (χ3v) is 4.78. The minimum Gasteiger partial charge on any atom is -0.375 e. The molecule has 0 fully saturated rings. The lowest BCUT2D eigenvalue weighted by molar-refractivity contribution is 0.583. The van der Waals surface area contributed by atoms with Crippen molar-refractivity contribution < 1.29 is 8.78 Å². The average Bonchev–Trinajstić information content (AvgIpc) is 2.44. The first-order valence-electron chi connectivity index (χ1n) is 6.28.